The molecule has 8 nitrogen and oxygen atoms in total. The molecule has 2 atom stereocenters. The number of benzene rings is 1. The standard InChI is InChI=1S/C25H36N4O4/c26-15-17-4-6-18(7-5-17)24(31)29-16-21(28-12-2-1-3-13-28)14-22(29)23(30)27-20-10-8-19(9-11-20)25(32)33/h8-11,17-18,21-22H,1-7,12-16,26H2,(H,27,30)(H,32,33)/t17?,18?,21-,22?/m0/s1. The van der Waals surface area contributed by atoms with E-state index in [9.17, 15) is 14.4 Å². The molecule has 1 aliphatic carbocycles. The van der Waals surface area contributed by atoms with Crippen LogP contribution in [0.5, 0.6) is 0 Å². The van der Waals surface area contributed by atoms with E-state index in [0.717, 1.165) is 38.8 Å². The monoisotopic (exact) mass is 456 g/mol. The highest BCUT2D eigenvalue weighted by molar-refractivity contribution is 5.98. The summed E-state index contributed by atoms with van der Waals surface area (Å²) in [6.45, 7) is 3.33. The van der Waals surface area contributed by atoms with E-state index in [2.05, 4.69) is 10.2 Å². The number of hydrogen-bond donors (Lipinski definition) is 3. The average molecular weight is 457 g/mol. The molecule has 1 aromatic rings. The Bertz CT molecular complexity index is 844. The van der Waals surface area contributed by atoms with Crippen molar-refractivity contribution in [1.82, 2.24) is 9.80 Å². The minimum atomic E-state index is -1.01. The fourth-order valence-electron chi connectivity index (χ4n) is 5.66. The molecule has 1 unspecified atom stereocenters. The molecule has 1 saturated carbocycles. The number of hydrogen-bond acceptors (Lipinski definition) is 5. The zero-order valence-electron chi connectivity index (χ0n) is 19.2. The Morgan fingerprint density at radius 2 is 1.67 bits per heavy atom. The van der Waals surface area contributed by atoms with Crippen LogP contribution in [0.15, 0.2) is 24.3 Å². The van der Waals surface area contributed by atoms with Crippen LogP contribution in [0.2, 0.25) is 0 Å². The molecule has 2 aliphatic heterocycles. The quantitative estimate of drug-likeness (QED) is 0.606. The maximum atomic E-state index is 13.5. The van der Waals surface area contributed by atoms with Gasteiger partial charge in [-0.1, -0.05) is 6.42 Å². The van der Waals surface area contributed by atoms with Crippen LogP contribution in [0.1, 0.15) is 61.7 Å². The second kappa shape index (κ2) is 10.7. The lowest BCUT2D eigenvalue weighted by Gasteiger charge is -2.33. The number of carbonyl (C=O) groups is 3. The largest absolute Gasteiger partial charge is 0.478 e. The number of piperidine rings is 1. The third-order valence-electron chi connectivity index (χ3n) is 7.70. The van der Waals surface area contributed by atoms with Crippen molar-refractivity contribution in [1.29, 1.82) is 0 Å². The van der Waals surface area contributed by atoms with Crippen LogP contribution >= 0.6 is 0 Å². The molecule has 0 bridgehead atoms. The van der Waals surface area contributed by atoms with Gasteiger partial charge in [0.1, 0.15) is 6.04 Å². The van der Waals surface area contributed by atoms with Gasteiger partial charge in [-0.15, -0.1) is 0 Å². The molecule has 3 fully saturated rings. The van der Waals surface area contributed by atoms with Crippen molar-refractivity contribution < 1.29 is 19.5 Å². The fourth-order valence-corrected chi connectivity index (χ4v) is 5.66. The summed E-state index contributed by atoms with van der Waals surface area (Å²) < 4.78 is 0. The summed E-state index contributed by atoms with van der Waals surface area (Å²) in [4.78, 5) is 42.2. The van der Waals surface area contributed by atoms with Gasteiger partial charge in [0, 0.05) is 24.2 Å². The van der Waals surface area contributed by atoms with Gasteiger partial charge >= 0.3 is 5.97 Å². The molecule has 2 amide bonds. The molecular weight excluding hydrogens is 420 g/mol. The molecule has 180 valence electrons. The normalized spacial score (nSPS) is 28.5. The highest BCUT2D eigenvalue weighted by Gasteiger charge is 2.44. The van der Waals surface area contributed by atoms with E-state index >= 15 is 0 Å². The second-order valence-corrected chi connectivity index (χ2v) is 9.82. The summed E-state index contributed by atoms with van der Waals surface area (Å²) in [6, 6.07) is 5.84. The van der Waals surface area contributed by atoms with Gasteiger partial charge in [-0.3, -0.25) is 14.5 Å². The number of anilines is 1. The molecule has 33 heavy (non-hydrogen) atoms. The van der Waals surface area contributed by atoms with E-state index in [-0.39, 0.29) is 29.3 Å². The molecule has 2 saturated heterocycles. The van der Waals surface area contributed by atoms with Crippen molar-refractivity contribution >= 4 is 23.5 Å². The molecule has 3 aliphatic rings. The van der Waals surface area contributed by atoms with Gasteiger partial charge in [0.15, 0.2) is 0 Å². The summed E-state index contributed by atoms with van der Waals surface area (Å²) in [7, 11) is 0. The minimum Gasteiger partial charge on any atom is -0.478 e. The predicted molar refractivity (Wildman–Crippen MR) is 126 cm³/mol. The number of aromatic carboxylic acids is 1. The molecule has 0 radical (unpaired) electrons. The van der Waals surface area contributed by atoms with Gasteiger partial charge in [-0.2, -0.15) is 0 Å². The third kappa shape index (κ3) is 5.55. The van der Waals surface area contributed by atoms with Crippen LogP contribution < -0.4 is 11.1 Å². The first-order valence-electron chi connectivity index (χ1n) is 12.3. The minimum absolute atomic E-state index is 0.0296. The van der Waals surface area contributed by atoms with Crippen LogP contribution in [0.3, 0.4) is 0 Å². The highest BCUT2D eigenvalue weighted by Crippen LogP contribution is 2.33. The van der Waals surface area contributed by atoms with Crippen molar-refractivity contribution in [3.05, 3.63) is 29.8 Å². The zero-order chi connectivity index (χ0) is 23.4. The molecule has 0 aromatic heterocycles. The number of likely N-dealkylation sites (tertiary alicyclic amines) is 2. The van der Waals surface area contributed by atoms with E-state index < -0.39 is 12.0 Å². The summed E-state index contributed by atoms with van der Waals surface area (Å²) in [5, 5.41) is 12.0. The number of rotatable bonds is 6. The van der Waals surface area contributed by atoms with Gasteiger partial charge in [0.05, 0.1) is 5.56 Å². The summed E-state index contributed by atoms with van der Waals surface area (Å²) in [5.74, 6) is -0.623. The molecule has 2 heterocycles. The molecule has 8 heteroatoms. The number of carboxylic acids is 1. The first kappa shape index (κ1) is 23.7. The van der Waals surface area contributed by atoms with Crippen molar-refractivity contribution in [2.45, 2.75) is 63.5 Å². The zero-order valence-corrected chi connectivity index (χ0v) is 19.2. The van der Waals surface area contributed by atoms with E-state index in [1.54, 1.807) is 12.1 Å². The summed E-state index contributed by atoms with van der Waals surface area (Å²) in [5.41, 5.74) is 6.54. The smallest absolute Gasteiger partial charge is 0.335 e. The second-order valence-electron chi connectivity index (χ2n) is 9.82. The topological polar surface area (TPSA) is 116 Å². The van der Waals surface area contributed by atoms with E-state index in [1.165, 1.54) is 31.4 Å². The Morgan fingerprint density at radius 3 is 2.27 bits per heavy atom. The van der Waals surface area contributed by atoms with Crippen LogP contribution in [0, 0.1) is 11.8 Å². The Labute approximate surface area is 195 Å². The van der Waals surface area contributed by atoms with Crippen LogP contribution in [0.25, 0.3) is 0 Å². The predicted octanol–water partition coefficient (Wildman–Crippen LogP) is 2.54. The van der Waals surface area contributed by atoms with Crippen LogP contribution in [-0.2, 0) is 9.59 Å². The highest BCUT2D eigenvalue weighted by atomic mass is 16.4. The van der Waals surface area contributed by atoms with Gasteiger partial charge < -0.3 is 21.1 Å². The fraction of sp³-hybridized carbons (Fsp3) is 0.640. The first-order valence-corrected chi connectivity index (χ1v) is 12.3. The van der Waals surface area contributed by atoms with Crippen molar-refractivity contribution in [2.75, 3.05) is 31.5 Å². The molecular formula is C25H36N4O4. The van der Waals surface area contributed by atoms with Gasteiger partial charge in [0.2, 0.25) is 11.8 Å². The van der Waals surface area contributed by atoms with Gasteiger partial charge in [0.25, 0.3) is 0 Å². The summed E-state index contributed by atoms with van der Waals surface area (Å²) in [6.07, 6.45) is 7.86. The maximum absolute atomic E-state index is 13.5. The number of amides is 2. The number of nitrogens with zero attached hydrogens (tertiary/aromatic N) is 2. The van der Waals surface area contributed by atoms with Crippen LogP contribution in [0.4, 0.5) is 5.69 Å². The van der Waals surface area contributed by atoms with E-state index in [0.29, 0.717) is 31.1 Å². The van der Waals surface area contributed by atoms with Crippen LogP contribution in [-0.4, -0.2) is 71.0 Å². The third-order valence-corrected chi connectivity index (χ3v) is 7.70. The van der Waals surface area contributed by atoms with E-state index in [1.807, 2.05) is 4.90 Å². The maximum Gasteiger partial charge on any atom is 0.335 e. The molecule has 4 rings (SSSR count). The van der Waals surface area contributed by atoms with E-state index in [4.69, 9.17) is 10.8 Å². The SMILES string of the molecule is NCC1CCC(C(=O)N2C[C@@H](N3CCCCC3)CC2C(=O)Nc2ccc(C(=O)O)cc2)CC1. The number of nitrogens with two attached hydrogens (primary N) is 1. The number of carbonyl (C=O) groups excluding carboxylic acids is 2. The lowest BCUT2D eigenvalue weighted by atomic mass is 9.81. The van der Waals surface area contributed by atoms with Crippen molar-refractivity contribution in [3.8, 4) is 0 Å². The van der Waals surface area contributed by atoms with Gasteiger partial charge in [-0.05, 0) is 94.8 Å². The number of carboxylic acid groups (broad SMARTS) is 1. The first-order chi connectivity index (χ1) is 16.0. The molecule has 0 spiro atoms. The van der Waals surface area contributed by atoms with Crippen molar-refractivity contribution in [2.24, 2.45) is 17.6 Å². The Kier molecular flexibility index (Phi) is 7.65. The van der Waals surface area contributed by atoms with Gasteiger partial charge in [-0.25, -0.2) is 4.79 Å². The lowest BCUT2D eigenvalue weighted by molar-refractivity contribution is -0.141. The molecule has 4 N–H and O–H groups in total. The number of nitrogens with one attached hydrogen (secondary N) is 1. The Hall–Kier alpha value is -2.45. The average Bonchev–Trinajstić information content (AvgIpc) is 3.30. The summed E-state index contributed by atoms with van der Waals surface area (Å²) >= 11 is 0. The molecule has 1 aromatic carbocycles. The van der Waals surface area contributed by atoms with Crippen molar-refractivity contribution in [3.63, 3.8) is 0 Å². The Morgan fingerprint density at radius 1 is 1.00 bits per heavy atom. The lowest BCUT2D eigenvalue weighted by Crippen LogP contribution is -2.47. The Balaban J connectivity index is 1.47.